The van der Waals surface area contributed by atoms with Crippen molar-refractivity contribution >= 4 is 10.2 Å². The Kier molecular flexibility index (Phi) is 1.38. The standard InChI is InChI=1S/C7H12Si/c1-5-3-4-7(8)6(5)2/h4H,3H2,1-2,8H3. The summed E-state index contributed by atoms with van der Waals surface area (Å²) in [7, 11) is 1.23. The van der Waals surface area contributed by atoms with Gasteiger partial charge in [-0.1, -0.05) is 22.4 Å². The minimum Gasteiger partial charge on any atom is -0.0820 e. The van der Waals surface area contributed by atoms with E-state index in [1.54, 1.807) is 16.3 Å². The van der Waals surface area contributed by atoms with Crippen molar-refractivity contribution in [3.8, 4) is 0 Å². The highest BCUT2D eigenvalue weighted by Gasteiger charge is 2.03. The van der Waals surface area contributed by atoms with Crippen LogP contribution in [0.1, 0.15) is 20.3 Å². The molecule has 0 bridgehead atoms. The van der Waals surface area contributed by atoms with Crippen molar-refractivity contribution in [2.75, 3.05) is 0 Å². The first-order valence-corrected chi connectivity index (χ1v) is 4.05. The van der Waals surface area contributed by atoms with E-state index in [1.165, 1.54) is 16.7 Å². The molecule has 0 spiro atoms. The molecule has 1 aliphatic carbocycles. The maximum atomic E-state index is 2.34. The van der Waals surface area contributed by atoms with Crippen LogP contribution >= 0.6 is 0 Å². The lowest BCUT2D eigenvalue weighted by Crippen LogP contribution is -1.78. The van der Waals surface area contributed by atoms with Gasteiger partial charge in [-0.3, -0.25) is 0 Å². The molecule has 1 aliphatic rings. The van der Waals surface area contributed by atoms with Crippen LogP contribution in [0.5, 0.6) is 0 Å². The van der Waals surface area contributed by atoms with Crippen LogP contribution in [0.3, 0.4) is 0 Å². The van der Waals surface area contributed by atoms with E-state index in [4.69, 9.17) is 0 Å². The quantitative estimate of drug-likeness (QED) is 0.422. The lowest BCUT2D eigenvalue weighted by atomic mass is 10.2. The second-order valence-corrected chi connectivity index (χ2v) is 3.57. The highest BCUT2D eigenvalue weighted by atomic mass is 28.1. The maximum absolute atomic E-state index is 2.34. The fourth-order valence-electron chi connectivity index (χ4n) is 0.949. The van der Waals surface area contributed by atoms with Crippen molar-refractivity contribution in [1.29, 1.82) is 0 Å². The first-order valence-electron chi connectivity index (χ1n) is 3.05. The molecule has 0 saturated heterocycles. The van der Waals surface area contributed by atoms with Gasteiger partial charge in [0.05, 0.1) is 0 Å². The van der Waals surface area contributed by atoms with Crippen LogP contribution in [0, 0.1) is 0 Å². The van der Waals surface area contributed by atoms with Crippen LogP contribution in [-0.4, -0.2) is 10.2 Å². The predicted molar refractivity (Wildman–Crippen MR) is 41.0 cm³/mol. The average Bonchev–Trinajstić information content (AvgIpc) is 1.98. The van der Waals surface area contributed by atoms with Crippen molar-refractivity contribution in [2.45, 2.75) is 20.3 Å². The van der Waals surface area contributed by atoms with Crippen molar-refractivity contribution in [3.05, 3.63) is 22.4 Å². The number of rotatable bonds is 0. The molecule has 0 saturated carbocycles. The minimum atomic E-state index is 1.21. The molecule has 0 unspecified atom stereocenters. The molecular formula is C7H12Si. The molecule has 0 aliphatic heterocycles. The second kappa shape index (κ2) is 1.90. The van der Waals surface area contributed by atoms with Gasteiger partial charge in [0, 0.05) is 10.2 Å². The lowest BCUT2D eigenvalue weighted by molar-refractivity contribution is 1.22. The van der Waals surface area contributed by atoms with Gasteiger partial charge < -0.3 is 0 Å². The van der Waals surface area contributed by atoms with Crippen LogP contribution in [0.2, 0.25) is 0 Å². The summed E-state index contributed by atoms with van der Waals surface area (Å²) in [6.45, 7) is 4.44. The van der Waals surface area contributed by atoms with Gasteiger partial charge in [-0.15, -0.1) is 0 Å². The predicted octanol–water partition coefficient (Wildman–Crippen LogP) is 0.976. The fraction of sp³-hybridized carbons (Fsp3) is 0.429. The molecule has 8 heavy (non-hydrogen) atoms. The van der Waals surface area contributed by atoms with Gasteiger partial charge in [0.1, 0.15) is 0 Å². The van der Waals surface area contributed by atoms with Gasteiger partial charge in [0.2, 0.25) is 0 Å². The Labute approximate surface area is 53.7 Å². The highest BCUT2D eigenvalue weighted by Crippen LogP contribution is 2.22. The second-order valence-electron chi connectivity index (χ2n) is 2.50. The highest BCUT2D eigenvalue weighted by molar-refractivity contribution is 6.24. The van der Waals surface area contributed by atoms with E-state index in [-0.39, 0.29) is 0 Å². The molecule has 44 valence electrons. The van der Waals surface area contributed by atoms with Crippen molar-refractivity contribution in [2.24, 2.45) is 0 Å². The molecule has 0 aromatic rings. The van der Waals surface area contributed by atoms with Gasteiger partial charge in [-0.2, -0.15) is 0 Å². The molecule has 0 atom stereocenters. The molecule has 0 aromatic carbocycles. The SMILES string of the molecule is CC1=C(C)C([SiH3])=CC1. The summed E-state index contributed by atoms with van der Waals surface area (Å²) in [6, 6.07) is 0. The van der Waals surface area contributed by atoms with Crippen molar-refractivity contribution in [1.82, 2.24) is 0 Å². The van der Waals surface area contributed by atoms with E-state index < -0.39 is 0 Å². The number of hydrogen-bond acceptors (Lipinski definition) is 0. The first kappa shape index (κ1) is 5.83. The molecule has 0 aromatic heterocycles. The molecule has 0 amide bonds. The Hall–Kier alpha value is -0.303. The molecular weight excluding hydrogens is 112 g/mol. The van der Waals surface area contributed by atoms with Crippen molar-refractivity contribution in [3.63, 3.8) is 0 Å². The van der Waals surface area contributed by atoms with Gasteiger partial charge in [0.25, 0.3) is 0 Å². The zero-order valence-corrected chi connectivity index (χ0v) is 7.78. The third kappa shape index (κ3) is 0.780. The normalized spacial score (nSPS) is 20.0. The molecule has 0 N–H and O–H groups in total. The first-order chi connectivity index (χ1) is 3.72. The van der Waals surface area contributed by atoms with Crippen LogP contribution in [0.25, 0.3) is 0 Å². The monoisotopic (exact) mass is 124 g/mol. The average molecular weight is 124 g/mol. The van der Waals surface area contributed by atoms with E-state index >= 15 is 0 Å². The van der Waals surface area contributed by atoms with E-state index in [2.05, 4.69) is 19.9 Å². The summed E-state index contributed by atoms with van der Waals surface area (Å²) in [4.78, 5) is 0. The summed E-state index contributed by atoms with van der Waals surface area (Å²) in [6.07, 6.45) is 3.56. The Bertz CT molecular complexity index is 158. The van der Waals surface area contributed by atoms with Crippen LogP contribution in [0.4, 0.5) is 0 Å². The van der Waals surface area contributed by atoms with E-state index in [9.17, 15) is 0 Å². The zero-order chi connectivity index (χ0) is 6.15. The third-order valence-electron chi connectivity index (χ3n) is 1.95. The Morgan fingerprint density at radius 2 is 2.12 bits per heavy atom. The summed E-state index contributed by atoms with van der Waals surface area (Å²) < 4.78 is 0. The summed E-state index contributed by atoms with van der Waals surface area (Å²) in [5.74, 6) is 0. The maximum Gasteiger partial charge on any atom is 0.0384 e. The molecule has 1 rings (SSSR count). The van der Waals surface area contributed by atoms with E-state index in [1.807, 2.05) is 0 Å². The van der Waals surface area contributed by atoms with Crippen LogP contribution in [-0.2, 0) is 0 Å². The largest absolute Gasteiger partial charge is 0.0820 e. The summed E-state index contributed by atoms with van der Waals surface area (Å²) >= 11 is 0. The molecule has 0 heterocycles. The molecule has 0 radical (unpaired) electrons. The summed E-state index contributed by atoms with van der Waals surface area (Å²) in [5.41, 5.74) is 3.12. The fourth-order valence-corrected chi connectivity index (χ4v) is 1.58. The molecule has 0 fully saturated rings. The van der Waals surface area contributed by atoms with Gasteiger partial charge in [0.15, 0.2) is 0 Å². The Morgan fingerprint density at radius 1 is 1.50 bits per heavy atom. The number of allylic oxidation sites excluding steroid dienone is 4. The Morgan fingerprint density at radius 3 is 2.25 bits per heavy atom. The summed E-state index contributed by atoms with van der Waals surface area (Å²) in [5, 5.41) is 1.60. The molecule has 1 heteroatoms. The minimum absolute atomic E-state index is 1.21. The zero-order valence-electron chi connectivity index (χ0n) is 5.78. The number of hydrogen-bond donors (Lipinski definition) is 0. The lowest BCUT2D eigenvalue weighted by Gasteiger charge is -1.93. The topological polar surface area (TPSA) is 0 Å². The molecule has 0 nitrogen and oxygen atoms in total. The van der Waals surface area contributed by atoms with Crippen LogP contribution < -0.4 is 0 Å². The van der Waals surface area contributed by atoms with E-state index in [0.29, 0.717) is 0 Å². The van der Waals surface area contributed by atoms with Crippen molar-refractivity contribution < 1.29 is 0 Å². The van der Waals surface area contributed by atoms with Crippen LogP contribution in [0.15, 0.2) is 22.4 Å². The third-order valence-corrected chi connectivity index (χ3v) is 3.10. The van der Waals surface area contributed by atoms with E-state index in [0.717, 1.165) is 0 Å². The smallest absolute Gasteiger partial charge is 0.0384 e. The van der Waals surface area contributed by atoms with Gasteiger partial charge in [-0.05, 0) is 20.3 Å². The Balaban J connectivity index is 2.88. The van der Waals surface area contributed by atoms with Gasteiger partial charge in [-0.25, -0.2) is 0 Å². The van der Waals surface area contributed by atoms with Gasteiger partial charge >= 0.3 is 0 Å².